The lowest BCUT2D eigenvalue weighted by molar-refractivity contribution is -0.159. The number of hydrogen-bond donors (Lipinski definition) is 2. The van der Waals surface area contributed by atoms with E-state index in [2.05, 4.69) is 29.6 Å². The highest BCUT2D eigenvalue weighted by molar-refractivity contribution is 6.31. The molecule has 1 fully saturated rings. The zero-order chi connectivity index (χ0) is 36.0. The van der Waals surface area contributed by atoms with Gasteiger partial charge in [-0.2, -0.15) is 0 Å². The van der Waals surface area contributed by atoms with Crippen LogP contribution in [-0.2, 0) is 38.9 Å². The van der Waals surface area contributed by atoms with Gasteiger partial charge in [-0.15, -0.1) is 0 Å². The standard InChI is InChI=1S/C41H55ClN2O7/c42-38-18-10-9-17-37(38)41(35-15-7-4-8-16-35,36-21-19-34(20-22-36)33-13-5-2-1-3-6-14-33)51-40(46)32-50-31-39(45)44-24-12-26-48-28-30-49-29-27-47-25-11-23-43/h4,7-10,15-22,33H,1-3,5-6,11-14,23-32,43H2,(H,44,45). The molecule has 3 aromatic carbocycles. The molecule has 1 aliphatic carbocycles. The van der Waals surface area contributed by atoms with Crippen molar-refractivity contribution in [1.29, 1.82) is 0 Å². The second-order valence-corrected chi connectivity index (χ2v) is 13.2. The molecule has 0 radical (unpaired) electrons. The lowest BCUT2D eigenvalue weighted by Gasteiger charge is -2.36. The fourth-order valence-electron chi connectivity index (χ4n) is 6.46. The van der Waals surface area contributed by atoms with Gasteiger partial charge in [-0.3, -0.25) is 4.79 Å². The van der Waals surface area contributed by atoms with Crippen molar-refractivity contribution >= 4 is 23.5 Å². The van der Waals surface area contributed by atoms with E-state index in [1.807, 2.05) is 48.5 Å². The monoisotopic (exact) mass is 722 g/mol. The minimum absolute atomic E-state index is 0.280. The lowest BCUT2D eigenvalue weighted by Crippen LogP contribution is -2.37. The largest absolute Gasteiger partial charge is 0.442 e. The molecule has 1 aliphatic rings. The van der Waals surface area contributed by atoms with Crippen LogP contribution >= 0.6 is 11.6 Å². The van der Waals surface area contributed by atoms with Crippen LogP contribution in [0.5, 0.6) is 0 Å². The van der Waals surface area contributed by atoms with Crippen LogP contribution in [0.1, 0.15) is 86.0 Å². The third-order valence-electron chi connectivity index (χ3n) is 9.07. The molecular weight excluding hydrogens is 668 g/mol. The summed E-state index contributed by atoms with van der Waals surface area (Å²) in [5.74, 6) is -0.429. The quantitative estimate of drug-likeness (QED) is 0.0652. The molecule has 0 heterocycles. The molecule has 0 saturated heterocycles. The first-order valence-electron chi connectivity index (χ1n) is 18.4. The van der Waals surface area contributed by atoms with Crippen LogP contribution < -0.4 is 11.1 Å². The van der Waals surface area contributed by atoms with Crippen LogP contribution in [0.3, 0.4) is 0 Å². The van der Waals surface area contributed by atoms with Gasteiger partial charge in [0, 0.05) is 41.5 Å². The van der Waals surface area contributed by atoms with E-state index >= 15 is 0 Å². The molecule has 1 atom stereocenters. The number of halogens is 1. The summed E-state index contributed by atoms with van der Waals surface area (Å²) in [6, 6.07) is 25.5. The van der Waals surface area contributed by atoms with Crippen LogP contribution in [0.2, 0.25) is 5.02 Å². The van der Waals surface area contributed by atoms with E-state index in [4.69, 9.17) is 41.0 Å². The Bertz CT molecular complexity index is 1420. The number of benzene rings is 3. The molecule has 4 rings (SSSR count). The molecule has 0 bridgehead atoms. The molecule has 0 aliphatic heterocycles. The second-order valence-electron chi connectivity index (χ2n) is 12.8. The molecule has 9 nitrogen and oxygen atoms in total. The predicted molar refractivity (Wildman–Crippen MR) is 200 cm³/mol. The molecule has 51 heavy (non-hydrogen) atoms. The van der Waals surface area contributed by atoms with Gasteiger partial charge in [0.05, 0.1) is 26.4 Å². The van der Waals surface area contributed by atoms with E-state index in [9.17, 15) is 9.59 Å². The Labute approximate surface area is 308 Å². The van der Waals surface area contributed by atoms with E-state index in [0.717, 1.165) is 17.5 Å². The lowest BCUT2D eigenvalue weighted by atomic mass is 9.78. The molecule has 0 spiro atoms. The van der Waals surface area contributed by atoms with Gasteiger partial charge in [-0.05, 0) is 49.8 Å². The topological polar surface area (TPSA) is 118 Å². The van der Waals surface area contributed by atoms with E-state index in [0.29, 0.717) is 75.7 Å². The first-order valence-corrected chi connectivity index (χ1v) is 18.8. The van der Waals surface area contributed by atoms with Gasteiger partial charge in [0.25, 0.3) is 0 Å². The Balaban J connectivity index is 1.32. The van der Waals surface area contributed by atoms with Gasteiger partial charge in [0.1, 0.15) is 13.2 Å². The normalized spacial score (nSPS) is 15.0. The van der Waals surface area contributed by atoms with Crippen LogP contribution in [0, 0.1) is 0 Å². The van der Waals surface area contributed by atoms with Crippen molar-refractivity contribution in [2.24, 2.45) is 5.73 Å². The third kappa shape index (κ3) is 13.3. The van der Waals surface area contributed by atoms with Crippen LogP contribution in [0.15, 0.2) is 78.9 Å². The van der Waals surface area contributed by atoms with Gasteiger partial charge in [-0.1, -0.05) is 117 Å². The molecule has 1 unspecified atom stereocenters. The predicted octanol–water partition coefficient (Wildman–Crippen LogP) is 6.92. The summed E-state index contributed by atoms with van der Waals surface area (Å²) in [7, 11) is 0. The van der Waals surface area contributed by atoms with Gasteiger partial charge >= 0.3 is 5.97 Å². The van der Waals surface area contributed by atoms with Crippen molar-refractivity contribution in [3.63, 3.8) is 0 Å². The maximum Gasteiger partial charge on any atom is 0.333 e. The molecule has 10 heteroatoms. The fraction of sp³-hybridized carbons (Fsp3) is 0.512. The summed E-state index contributed by atoms with van der Waals surface area (Å²) < 4.78 is 28.4. The molecule has 3 aromatic rings. The highest BCUT2D eigenvalue weighted by Gasteiger charge is 2.42. The summed E-state index contributed by atoms with van der Waals surface area (Å²) in [6.45, 7) is 3.46. The van der Waals surface area contributed by atoms with Crippen molar-refractivity contribution in [1.82, 2.24) is 5.32 Å². The summed E-state index contributed by atoms with van der Waals surface area (Å²) in [4.78, 5) is 26.0. The molecule has 0 aromatic heterocycles. The number of ether oxygens (including phenoxy) is 5. The van der Waals surface area contributed by atoms with E-state index in [-0.39, 0.29) is 12.5 Å². The number of rotatable bonds is 22. The van der Waals surface area contributed by atoms with Crippen molar-refractivity contribution in [2.45, 2.75) is 69.3 Å². The van der Waals surface area contributed by atoms with Gasteiger partial charge in [0.15, 0.2) is 5.60 Å². The smallest absolute Gasteiger partial charge is 0.333 e. The summed E-state index contributed by atoms with van der Waals surface area (Å²) in [6.07, 6.45) is 10.2. The highest BCUT2D eigenvalue weighted by atomic mass is 35.5. The van der Waals surface area contributed by atoms with E-state index in [1.54, 1.807) is 6.07 Å². The van der Waals surface area contributed by atoms with Crippen LogP contribution in [0.25, 0.3) is 0 Å². The first-order chi connectivity index (χ1) is 25.0. The summed E-state index contributed by atoms with van der Waals surface area (Å²) in [5.41, 5.74) is 7.57. The average molecular weight is 723 g/mol. The van der Waals surface area contributed by atoms with Crippen molar-refractivity contribution in [3.05, 3.63) is 106 Å². The maximum atomic E-state index is 13.6. The number of carbonyl (C=O) groups excluding carboxylic acids is 2. The Morgan fingerprint density at radius 3 is 1.94 bits per heavy atom. The highest BCUT2D eigenvalue weighted by Crippen LogP contribution is 2.44. The zero-order valence-corrected chi connectivity index (χ0v) is 30.6. The number of nitrogens with two attached hydrogens (primary N) is 1. The zero-order valence-electron chi connectivity index (χ0n) is 29.8. The number of nitrogens with one attached hydrogen (secondary N) is 1. The molecule has 278 valence electrons. The Morgan fingerprint density at radius 2 is 1.27 bits per heavy atom. The Kier molecular flexibility index (Phi) is 18.5. The summed E-state index contributed by atoms with van der Waals surface area (Å²) in [5, 5.41) is 3.27. The average Bonchev–Trinajstić information content (AvgIpc) is 3.13. The number of amides is 1. The van der Waals surface area contributed by atoms with Crippen LogP contribution in [-0.4, -0.2) is 77.8 Å². The van der Waals surface area contributed by atoms with Crippen molar-refractivity contribution in [3.8, 4) is 0 Å². The van der Waals surface area contributed by atoms with Gasteiger partial charge in [0.2, 0.25) is 5.91 Å². The molecule has 1 amide bonds. The van der Waals surface area contributed by atoms with Crippen molar-refractivity contribution < 1.29 is 33.3 Å². The fourth-order valence-corrected chi connectivity index (χ4v) is 6.73. The number of carbonyl (C=O) groups is 2. The van der Waals surface area contributed by atoms with E-state index < -0.39 is 18.2 Å². The first kappa shape index (κ1) is 40.5. The SMILES string of the molecule is NCCCOCCOCCOCCCNC(=O)COCC(=O)OC(c1ccccc1)(c1ccc(C2CCCCCCC2)cc1)c1ccccc1Cl. The Hall–Kier alpha value is -3.31. The number of esters is 1. The number of hydrogen-bond acceptors (Lipinski definition) is 8. The molecular formula is C41H55ClN2O7. The van der Waals surface area contributed by atoms with Gasteiger partial charge in [-0.25, -0.2) is 4.79 Å². The molecule has 1 saturated carbocycles. The third-order valence-corrected chi connectivity index (χ3v) is 9.40. The summed E-state index contributed by atoms with van der Waals surface area (Å²) >= 11 is 6.85. The van der Waals surface area contributed by atoms with Crippen molar-refractivity contribution in [2.75, 3.05) is 65.9 Å². The van der Waals surface area contributed by atoms with Gasteiger partial charge < -0.3 is 34.7 Å². The maximum absolute atomic E-state index is 13.6. The second kappa shape index (κ2) is 23.3. The molecule has 3 N–H and O–H groups in total. The van der Waals surface area contributed by atoms with E-state index in [1.165, 1.54) is 50.5 Å². The minimum Gasteiger partial charge on any atom is -0.442 e. The van der Waals surface area contributed by atoms with Crippen LogP contribution in [0.4, 0.5) is 0 Å². The Morgan fingerprint density at radius 1 is 0.686 bits per heavy atom. The minimum atomic E-state index is -1.34.